The number of benzene rings is 2. The minimum Gasteiger partial charge on any atom is -0.323 e. The van der Waals surface area contributed by atoms with Crippen molar-refractivity contribution >= 4 is 23.3 Å². The highest BCUT2D eigenvalue weighted by Crippen LogP contribution is 2.46. The van der Waals surface area contributed by atoms with Crippen LogP contribution in [0.4, 0.5) is 20.6 Å². The summed E-state index contributed by atoms with van der Waals surface area (Å²) in [4.78, 5) is 28.7. The van der Waals surface area contributed by atoms with Gasteiger partial charge in [-0.05, 0) is 42.3 Å². The number of carbonyl (C=O) groups excluding carboxylic acids is 2. The standard InChI is InChI=1S/C19H18FN3O2/c1-22-16-5-3-2-4-15(16)19(17(22)24)10-11-23(12-19)18(25)21-14-8-6-13(20)7-9-14/h2-9H,10-12H2,1H3,(H,21,25)/t19-/m1/s1. The van der Waals surface area contributed by atoms with Crippen molar-refractivity contribution in [2.24, 2.45) is 0 Å². The van der Waals surface area contributed by atoms with E-state index in [9.17, 15) is 14.0 Å². The number of urea groups is 1. The van der Waals surface area contributed by atoms with Crippen LogP contribution in [0, 0.1) is 5.82 Å². The van der Waals surface area contributed by atoms with E-state index in [1.807, 2.05) is 24.3 Å². The Morgan fingerprint density at radius 1 is 1.16 bits per heavy atom. The fraction of sp³-hybridized carbons (Fsp3) is 0.263. The van der Waals surface area contributed by atoms with Gasteiger partial charge in [-0.25, -0.2) is 9.18 Å². The van der Waals surface area contributed by atoms with Gasteiger partial charge in [0.15, 0.2) is 0 Å². The normalized spacial score (nSPS) is 21.8. The molecule has 5 nitrogen and oxygen atoms in total. The molecule has 2 aliphatic rings. The molecule has 1 saturated heterocycles. The van der Waals surface area contributed by atoms with E-state index in [0.29, 0.717) is 25.2 Å². The molecule has 25 heavy (non-hydrogen) atoms. The van der Waals surface area contributed by atoms with E-state index in [-0.39, 0.29) is 17.8 Å². The molecule has 0 bridgehead atoms. The van der Waals surface area contributed by atoms with E-state index in [0.717, 1.165) is 11.3 Å². The van der Waals surface area contributed by atoms with Gasteiger partial charge < -0.3 is 15.1 Å². The maximum atomic E-state index is 13.0. The van der Waals surface area contributed by atoms with Crippen molar-refractivity contribution in [2.45, 2.75) is 11.8 Å². The first-order valence-electron chi connectivity index (χ1n) is 8.20. The van der Waals surface area contributed by atoms with Crippen LogP contribution in [0.3, 0.4) is 0 Å². The second-order valence-corrected chi connectivity index (χ2v) is 6.57. The monoisotopic (exact) mass is 339 g/mol. The Balaban J connectivity index is 1.56. The second-order valence-electron chi connectivity index (χ2n) is 6.57. The molecule has 2 aliphatic heterocycles. The molecule has 2 aromatic rings. The summed E-state index contributed by atoms with van der Waals surface area (Å²) < 4.78 is 13.0. The molecule has 0 saturated carbocycles. The molecule has 0 unspecified atom stereocenters. The predicted octanol–water partition coefficient (Wildman–Crippen LogP) is 2.98. The van der Waals surface area contributed by atoms with Crippen LogP contribution in [0.1, 0.15) is 12.0 Å². The topological polar surface area (TPSA) is 52.7 Å². The fourth-order valence-corrected chi connectivity index (χ4v) is 3.83. The molecule has 3 amide bonds. The van der Waals surface area contributed by atoms with Crippen LogP contribution in [-0.4, -0.2) is 37.0 Å². The number of hydrogen-bond acceptors (Lipinski definition) is 2. The van der Waals surface area contributed by atoms with Gasteiger partial charge in [-0.1, -0.05) is 18.2 Å². The number of hydrogen-bond donors (Lipinski definition) is 1. The Hall–Kier alpha value is -2.89. The van der Waals surface area contributed by atoms with E-state index in [1.165, 1.54) is 24.3 Å². The van der Waals surface area contributed by atoms with Crippen molar-refractivity contribution in [3.05, 3.63) is 59.9 Å². The van der Waals surface area contributed by atoms with Crippen molar-refractivity contribution in [1.82, 2.24) is 4.90 Å². The molecular weight excluding hydrogens is 321 g/mol. The van der Waals surface area contributed by atoms with Crippen molar-refractivity contribution in [3.8, 4) is 0 Å². The lowest BCUT2D eigenvalue weighted by molar-refractivity contribution is -0.122. The van der Waals surface area contributed by atoms with Gasteiger partial charge in [0.1, 0.15) is 5.82 Å². The highest BCUT2D eigenvalue weighted by Gasteiger charge is 2.54. The lowest BCUT2D eigenvalue weighted by atomic mass is 9.81. The summed E-state index contributed by atoms with van der Waals surface area (Å²) >= 11 is 0. The molecule has 2 heterocycles. The summed E-state index contributed by atoms with van der Waals surface area (Å²) in [6, 6.07) is 13.1. The number of fused-ring (bicyclic) bond motifs is 2. The first kappa shape index (κ1) is 15.6. The number of nitrogens with one attached hydrogen (secondary N) is 1. The van der Waals surface area contributed by atoms with E-state index in [4.69, 9.17) is 0 Å². The Morgan fingerprint density at radius 3 is 2.64 bits per heavy atom. The number of rotatable bonds is 1. The third-order valence-corrected chi connectivity index (χ3v) is 5.15. The molecule has 6 heteroatoms. The molecule has 2 aromatic carbocycles. The molecule has 0 aliphatic carbocycles. The first-order valence-corrected chi connectivity index (χ1v) is 8.20. The van der Waals surface area contributed by atoms with Crippen LogP contribution in [0.2, 0.25) is 0 Å². The molecule has 1 N–H and O–H groups in total. The van der Waals surface area contributed by atoms with E-state index in [2.05, 4.69) is 5.32 Å². The molecular formula is C19H18FN3O2. The Kier molecular flexibility index (Phi) is 3.49. The minimum atomic E-state index is -0.661. The van der Waals surface area contributed by atoms with Crippen molar-refractivity contribution in [2.75, 3.05) is 30.4 Å². The lowest BCUT2D eigenvalue weighted by Gasteiger charge is -2.23. The molecule has 4 rings (SSSR count). The zero-order valence-corrected chi connectivity index (χ0v) is 13.8. The number of anilines is 2. The summed E-state index contributed by atoms with van der Waals surface area (Å²) in [6.07, 6.45) is 0.601. The molecule has 128 valence electrons. The Labute approximate surface area is 145 Å². The molecule has 1 spiro atoms. The molecule has 0 radical (unpaired) electrons. The zero-order valence-electron chi connectivity index (χ0n) is 13.8. The smallest absolute Gasteiger partial charge is 0.321 e. The Morgan fingerprint density at radius 2 is 1.88 bits per heavy atom. The van der Waals surface area contributed by atoms with Crippen LogP contribution in [0.5, 0.6) is 0 Å². The van der Waals surface area contributed by atoms with Gasteiger partial charge in [-0.3, -0.25) is 4.79 Å². The van der Waals surface area contributed by atoms with Gasteiger partial charge in [0, 0.05) is 31.5 Å². The van der Waals surface area contributed by atoms with Crippen LogP contribution >= 0.6 is 0 Å². The van der Waals surface area contributed by atoms with Gasteiger partial charge in [0.2, 0.25) is 5.91 Å². The van der Waals surface area contributed by atoms with Gasteiger partial charge in [-0.15, -0.1) is 0 Å². The third kappa shape index (κ3) is 2.36. The summed E-state index contributed by atoms with van der Waals surface area (Å²) in [5.41, 5.74) is 1.77. The van der Waals surface area contributed by atoms with Crippen molar-refractivity contribution in [1.29, 1.82) is 0 Å². The number of para-hydroxylation sites is 1. The molecule has 1 atom stereocenters. The summed E-state index contributed by atoms with van der Waals surface area (Å²) in [5.74, 6) is -0.319. The zero-order chi connectivity index (χ0) is 17.6. The lowest BCUT2D eigenvalue weighted by Crippen LogP contribution is -2.42. The average molecular weight is 339 g/mol. The largest absolute Gasteiger partial charge is 0.323 e. The average Bonchev–Trinajstić information content (AvgIpc) is 3.16. The van der Waals surface area contributed by atoms with Crippen LogP contribution < -0.4 is 10.2 Å². The summed E-state index contributed by atoms with van der Waals surface area (Å²) in [6.45, 7) is 0.848. The number of amides is 3. The van der Waals surface area contributed by atoms with E-state index < -0.39 is 5.41 Å². The Bertz CT molecular complexity index is 852. The van der Waals surface area contributed by atoms with Gasteiger partial charge in [0.25, 0.3) is 0 Å². The van der Waals surface area contributed by atoms with E-state index in [1.54, 1.807) is 16.8 Å². The summed E-state index contributed by atoms with van der Waals surface area (Å²) in [5, 5.41) is 2.76. The van der Waals surface area contributed by atoms with Gasteiger partial charge >= 0.3 is 6.03 Å². The fourth-order valence-electron chi connectivity index (χ4n) is 3.83. The molecule has 0 aromatic heterocycles. The third-order valence-electron chi connectivity index (χ3n) is 5.15. The highest BCUT2D eigenvalue weighted by atomic mass is 19.1. The SMILES string of the molecule is CN1C(=O)[C@@]2(CCN(C(=O)Nc3ccc(F)cc3)C2)c2ccccc21. The van der Waals surface area contributed by atoms with Gasteiger partial charge in [-0.2, -0.15) is 0 Å². The maximum absolute atomic E-state index is 13.0. The number of nitrogens with zero attached hydrogens (tertiary/aromatic N) is 2. The van der Waals surface area contributed by atoms with Crippen molar-refractivity contribution < 1.29 is 14.0 Å². The summed E-state index contributed by atoms with van der Waals surface area (Å²) in [7, 11) is 1.77. The van der Waals surface area contributed by atoms with E-state index >= 15 is 0 Å². The number of halogens is 1. The maximum Gasteiger partial charge on any atom is 0.321 e. The van der Waals surface area contributed by atoms with Crippen LogP contribution in [0.25, 0.3) is 0 Å². The molecule has 1 fully saturated rings. The second kappa shape index (κ2) is 5.58. The number of carbonyl (C=O) groups is 2. The number of likely N-dealkylation sites (tertiary alicyclic amines) is 1. The minimum absolute atomic E-state index is 0.0331. The van der Waals surface area contributed by atoms with Crippen LogP contribution in [-0.2, 0) is 10.2 Å². The van der Waals surface area contributed by atoms with Gasteiger partial charge in [0.05, 0.1) is 5.41 Å². The highest BCUT2D eigenvalue weighted by molar-refractivity contribution is 6.08. The number of likely N-dealkylation sites (N-methyl/N-ethyl adjacent to an activating group) is 1. The quantitative estimate of drug-likeness (QED) is 0.868. The van der Waals surface area contributed by atoms with Crippen LogP contribution in [0.15, 0.2) is 48.5 Å². The predicted molar refractivity (Wildman–Crippen MR) is 93.1 cm³/mol. The first-order chi connectivity index (χ1) is 12.0. The van der Waals surface area contributed by atoms with Crippen molar-refractivity contribution in [3.63, 3.8) is 0 Å².